The standard InChI is InChI=1S/C20H11NO2/c22-17-11-19-20(15-8-4-3-7-14(15)17)21-16-9-12-5-1-2-6-13(12)10-18(16)23-19/h1-11H. The fraction of sp³-hybridized carbons (Fsp3) is 0. The zero-order valence-corrected chi connectivity index (χ0v) is 12.1. The number of hydrogen-bond donors (Lipinski definition) is 0. The molecule has 3 aromatic rings. The van der Waals surface area contributed by atoms with Crippen molar-refractivity contribution in [1.29, 1.82) is 0 Å². The highest BCUT2D eigenvalue weighted by atomic mass is 16.3. The molecule has 5 rings (SSSR count). The second kappa shape index (κ2) is 4.40. The number of rotatable bonds is 0. The van der Waals surface area contributed by atoms with E-state index in [0.717, 1.165) is 27.4 Å². The van der Waals surface area contributed by atoms with Crippen LogP contribution in [0.2, 0.25) is 0 Å². The average Bonchev–Trinajstić information content (AvgIpc) is 2.59. The van der Waals surface area contributed by atoms with Crippen molar-refractivity contribution in [2.75, 3.05) is 0 Å². The predicted molar refractivity (Wildman–Crippen MR) is 91.9 cm³/mol. The van der Waals surface area contributed by atoms with Crippen LogP contribution in [-0.2, 0) is 0 Å². The van der Waals surface area contributed by atoms with E-state index in [1.54, 1.807) is 0 Å². The molecule has 1 aliphatic heterocycles. The summed E-state index contributed by atoms with van der Waals surface area (Å²) in [6.07, 6.45) is 0. The van der Waals surface area contributed by atoms with Crippen LogP contribution in [0.25, 0.3) is 44.1 Å². The van der Waals surface area contributed by atoms with E-state index in [0.29, 0.717) is 16.7 Å². The van der Waals surface area contributed by atoms with Crippen LogP contribution in [0.5, 0.6) is 0 Å². The highest BCUT2D eigenvalue weighted by Crippen LogP contribution is 2.31. The number of nitrogens with zero attached hydrogens (tertiary/aromatic N) is 1. The summed E-state index contributed by atoms with van der Waals surface area (Å²) in [7, 11) is 0. The molecular formula is C20H11NO2. The Morgan fingerprint density at radius 2 is 1.48 bits per heavy atom. The van der Waals surface area contributed by atoms with Gasteiger partial charge in [0.25, 0.3) is 0 Å². The van der Waals surface area contributed by atoms with Crippen molar-refractivity contribution in [3.05, 3.63) is 77.0 Å². The largest absolute Gasteiger partial charge is 0.453 e. The van der Waals surface area contributed by atoms with Crippen LogP contribution in [0, 0.1) is 0 Å². The van der Waals surface area contributed by atoms with Gasteiger partial charge in [-0.2, -0.15) is 0 Å². The molecule has 3 heteroatoms. The van der Waals surface area contributed by atoms with Gasteiger partial charge in [-0.05, 0) is 22.9 Å². The lowest BCUT2D eigenvalue weighted by molar-refractivity contribution is 0.614. The highest BCUT2D eigenvalue weighted by Gasteiger charge is 2.15. The maximum atomic E-state index is 12.3. The molecule has 0 aromatic heterocycles. The normalized spacial score (nSPS) is 11.7. The lowest BCUT2D eigenvalue weighted by Gasteiger charge is -2.09. The van der Waals surface area contributed by atoms with Gasteiger partial charge < -0.3 is 4.42 Å². The Balaban J connectivity index is 2.00. The third-order valence-electron chi connectivity index (χ3n) is 4.22. The molecule has 2 aliphatic rings. The molecule has 1 aliphatic carbocycles. The monoisotopic (exact) mass is 297 g/mol. The Morgan fingerprint density at radius 1 is 0.783 bits per heavy atom. The topological polar surface area (TPSA) is 43.1 Å². The maximum absolute atomic E-state index is 12.3. The van der Waals surface area contributed by atoms with Gasteiger partial charge in [0.2, 0.25) is 0 Å². The van der Waals surface area contributed by atoms with E-state index < -0.39 is 0 Å². The SMILES string of the molecule is O=c1cc2oc3cc4ccccc4cc3nc-2c2ccccc12. The third kappa shape index (κ3) is 1.77. The Bertz CT molecular complexity index is 1240. The van der Waals surface area contributed by atoms with Gasteiger partial charge in [-0.3, -0.25) is 4.79 Å². The van der Waals surface area contributed by atoms with Gasteiger partial charge in [-0.1, -0.05) is 48.5 Å². The van der Waals surface area contributed by atoms with Crippen LogP contribution < -0.4 is 5.43 Å². The molecule has 1 heterocycles. The Kier molecular flexibility index (Phi) is 2.36. The molecule has 3 aromatic carbocycles. The molecule has 0 spiro atoms. The van der Waals surface area contributed by atoms with Crippen LogP contribution in [0.3, 0.4) is 0 Å². The van der Waals surface area contributed by atoms with Crippen LogP contribution in [0.15, 0.2) is 75.9 Å². The summed E-state index contributed by atoms with van der Waals surface area (Å²) >= 11 is 0. The first-order chi connectivity index (χ1) is 11.3. The average molecular weight is 297 g/mol. The van der Waals surface area contributed by atoms with E-state index in [-0.39, 0.29) is 5.43 Å². The summed E-state index contributed by atoms with van der Waals surface area (Å²) in [6.45, 7) is 0. The summed E-state index contributed by atoms with van der Waals surface area (Å²) in [5.41, 5.74) is 2.16. The fourth-order valence-electron chi connectivity index (χ4n) is 3.11. The molecule has 0 bridgehead atoms. The molecular weight excluding hydrogens is 286 g/mol. The summed E-state index contributed by atoms with van der Waals surface area (Å²) < 4.78 is 5.98. The first kappa shape index (κ1) is 12.4. The summed E-state index contributed by atoms with van der Waals surface area (Å²) in [5.74, 6) is 0.525. The van der Waals surface area contributed by atoms with Crippen molar-refractivity contribution in [3.63, 3.8) is 0 Å². The van der Waals surface area contributed by atoms with E-state index in [1.807, 2.05) is 54.6 Å². The molecule has 0 unspecified atom stereocenters. The quantitative estimate of drug-likeness (QED) is 0.310. The van der Waals surface area contributed by atoms with Gasteiger partial charge >= 0.3 is 0 Å². The van der Waals surface area contributed by atoms with Crippen molar-refractivity contribution in [2.45, 2.75) is 0 Å². The lowest BCUT2D eigenvalue weighted by atomic mass is 10.0. The Hall–Kier alpha value is -3.20. The van der Waals surface area contributed by atoms with Crippen LogP contribution in [0.1, 0.15) is 0 Å². The number of benzene rings is 4. The molecule has 0 saturated carbocycles. The molecule has 3 nitrogen and oxygen atoms in total. The number of aromatic nitrogens is 1. The zero-order valence-electron chi connectivity index (χ0n) is 12.1. The molecule has 0 N–H and O–H groups in total. The van der Waals surface area contributed by atoms with Crippen molar-refractivity contribution in [1.82, 2.24) is 4.98 Å². The van der Waals surface area contributed by atoms with Crippen molar-refractivity contribution >= 4 is 32.6 Å². The highest BCUT2D eigenvalue weighted by molar-refractivity contribution is 5.99. The van der Waals surface area contributed by atoms with E-state index in [9.17, 15) is 4.79 Å². The second-order valence-electron chi connectivity index (χ2n) is 5.65. The van der Waals surface area contributed by atoms with Gasteiger partial charge in [0.05, 0.1) is 0 Å². The van der Waals surface area contributed by atoms with E-state index in [1.165, 1.54) is 6.07 Å². The Morgan fingerprint density at radius 3 is 2.30 bits per heavy atom. The summed E-state index contributed by atoms with van der Waals surface area (Å²) in [5, 5.41) is 3.71. The fourth-order valence-corrected chi connectivity index (χ4v) is 3.11. The van der Waals surface area contributed by atoms with Gasteiger partial charge in [-0.15, -0.1) is 0 Å². The van der Waals surface area contributed by atoms with Crippen molar-refractivity contribution in [3.8, 4) is 11.5 Å². The number of hydrogen-bond acceptors (Lipinski definition) is 3. The molecule has 108 valence electrons. The van der Waals surface area contributed by atoms with E-state index in [4.69, 9.17) is 9.40 Å². The van der Waals surface area contributed by atoms with Crippen LogP contribution in [0.4, 0.5) is 0 Å². The van der Waals surface area contributed by atoms with Crippen LogP contribution >= 0.6 is 0 Å². The zero-order chi connectivity index (χ0) is 15.4. The van der Waals surface area contributed by atoms with Gasteiger partial charge in [-0.25, -0.2) is 4.98 Å². The smallest absolute Gasteiger partial charge is 0.190 e. The Labute approximate surface area is 131 Å². The minimum Gasteiger partial charge on any atom is -0.453 e. The van der Waals surface area contributed by atoms with Gasteiger partial charge in [0, 0.05) is 16.8 Å². The molecule has 0 atom stereocenters. The van der Waals surface area contributed by atoms with Gasteiger partial charge in [0.1, 0.15) is 11.2 Å². The van der Waals surface area contributed by atoms with Crippen LogP contribution in [-0.4, -0.2) is 4.98 Å². The minimum absolute atomic E-state index is 0.0428. The molecule has 0 saturated heterocycles. The predicted octanol–water partition coefficient (Wildman–Crippen LogP) is 4.60. The molecule has 0 radical (unpaired) electrons. The van der Waals surface area contributed by atoms with Crippen molar-refractivity contribution < 1.29 is 4.42 Å². The number of fused-ring (bicyclic) bond motifs is 5. The second-order valence-corrected chi connectivity index (χ2v) is 5.65. The van der Waals surface area contributed by atoms with Gasteiger partial charge in [0.15, 0.2) is 16.8 Å². The minimum atomic E-state index is -0.0428. The molecule has 23 heavy (non-hydrogen) atoms. The summed E-state index contributed by atoms with van der Waals surface area (Å²) in [4.78, 5) is 17.0. The lowest BCUT2D eigenvalue weighted by Crippen LogP contribution is -2.03. The first-order valence-electron chi connectivity index (χ1n) is 7.45. The van der Waals surface area contributed by atoms with Crippen molar-refractivity contribution in [2.24, 2.45) is 0 Å². The van der Waals surface area contributed by atoms with E-state index >= 15 is 0 Å². The molecule has 0 amide bonds. The first-order valence-corrected chi connectivity index (χ1v) is 7.45. The maximum Gasteiger partial charge on any atom is 0.190 e. The molecule has 0 fully saturated rings. The summed E-state index contributed by atoms with van der Waals surface area (Å²) in [6, 6.07) is 21.1. The third-order valence-corrected chi connectivity index (χ3v) is 4.22. The van der Waals surface area contributed by atoms with E-state index in [2.05, 4.69) is 6.07 Å².